The SMILES string of the molecule is CC(C)(C)OC(=O)N1CCC(CN(Cc2cc(Br)cc(Br)c2)C(=O)OC(C)(C)C)CC1. The van der Waals surface area contributed by atoms with Gasteiger partial charge in [-0.05, 0) is 84.1 Å². The number of hydrogen-bond acceptors (Lipinski definition) is 4. The number of likely N-dealkylation sites (tertiary alicyclic amines) is 1. The first-order valence-electron chi connectivity index (χ1n) is 10.6. The largest absolute Gasteiger partial charge is 0.444 e. The van der Waals surface area contributed by atoms with Gasteiger partial charge >= 0.3 is 12.2 Å². The summed E-state index contributed by atoms with van der Waals surface area (Å²) in [6, 6.07) is 5.98. The molecule has 1 aromatic rings. The summed E-state index contributed by atoms with van der Waals surface area (Å²) in [6.45, 7) is 13.5. The van der Waals surface area contributed by atoms with E-state index in [0.29, 0.717) is 32.1 Å². The van der Waals surface area contributed by atoms with E-state index in [1.807, 2.05) is 59.7 Å². The number of ether oxygens (including phenoxy) is 2. The maximum Gasteiger partial charge on any atom is 0.410 e. The van der Waals surface area contributed by atoms with Gasteiger partial charge in [-0.2, -0.15) is 0 Å². The van der Waals surface area contributed by atoms with Crippen molar-refractivity contribution in [2.75, 3.05) is 19.6 Å². The fraction of sp³-hybridized carbons (Fsp3) is 0.652. The molecule has 0 aliphatic carbocycles. The molecule has 0 bridgehead atoms. The van der Waals surface area contributed by atoms with Crippen molar-refractivity contribution in [1.29, 1.82) is 0 Å². The Bertz CT molecular complexity index is 759. The minimum absolute atomic E-state index is 0.270. The first-order chi connectivity index (χ1) is 14.2. The Labute approximate surface area is 202 Å². The van der Waals surface area contributed by atoms with E-state index in [1.54, 1.807) is 9.80 Å². The van der Waals surface area contributed by atoms with Gasteiger partial charge < -0.3 is 19.3 Å². The first-order valence-corrected chi connectivity index (χ1v) is 12.2. The smallest absolute Gasteiger partial charge is 0.410 e. The van der Waals surface area contributed by atoms with Gasteiger partial charge in [0.2, 0.25) is 0 Å². The van der Waals surface area contributed by atoms with E-state index in [-0.39, 0.29) is 12.2 Å². The van der Waals surface area contributed by atoms with Crippen molar-refractivity contribution in [3.8, 4) is 0 Å². The summed E-state index contributed by atoms with van der Waals surface area (Å²) in [4.78, 5) is 28.8. The van der Waals surface area contributed by atoms with E-state index in [2.05, 4.69) is 31.9 Å². The summed E-state index contributed by atoms with van der Waals surface area (Å²) >= 11 is 7.03. The number of amides is 2. The second-order valence-electron chi connectivity index (χ2n) is 10.0. The number of hydrogen-bond donors (Lipinski definition) is 0. The lowest BCUT2D eigenvalue weighted by molar-refractivity contribution is 0.00877. The summed E-state index contributed by atoms with van der Waals surface area (Å²) in [5.41, 5.74) is -0.0502. The molecule has 1 aromatic carbocycles. The fourth-order valence-electron chi connectivity index (χ4n) is 3.39. The number of nitrogens with zero attached hydrogens (tertiary/aromatic N) is 2. The maximum atomic E-state index is 12.9. The van der Waals surface area contributed by atoms with Crippen molar-refractivity contribution >= 4 is 44.0 Å². The van der Waals surface area contributed by atoms with Crippen LogP contribution in [0, 0.1) is 5.92 Å². The predicted molar refractivity (Wildman–Crippen MR) is 129 cm³/mol. The van der Waals surface area contributed by atoms with E-state index in [9.17, 15) is 9.59 Å². The molecule has 2 rings (SSSR count). The van der Waals surface area contributed by atoms with Crippen LogP contribution in [0.2, 0.25) is 0 Å². The molecule has 174 valence electrons. The van der Waals surface area contributed by atoms with Crippen LogP contribution in [0.4, 0.5) is 9.59 Å². The maximum absolute atomic E-state index is 12.9. The Kier molecular flexibility index (Phi) is 8.85. The van der Waals surface area contributed by atoms with Gasteiger partial charge in [0, 0.05) is 35.1 Å². The average molecular weight is 562 g/mol. The van der Waals surface area contributed by atoms with E-state index < -0.39 is 11.2 Å². The molecule has 0 aromatic heterocycles. The van der Waals surface area contributed by atoms with Crippen molar-refractivity contribution < 1.29 is 19.1 Å². The first kappa shape index (κ1) is 26.0. The topological polar surface area (TPSA) is 59.1 Å². The van der Waals surface area contributed by atoms with Crippen LogP contribution < -0.4 is 0 Å². The van der Waals surface area contributed by atoms with Gasteiger partial charge in [-0.1, -0.05) is 31.9 Å². The molecule has 8 heteroatoms. The Morgan fingerprint density at radius 1 is 0.968 bits per heavy atom. The zero-order chi connectivity index (χ0) is 23.4. The average Bonchev–Trinajstić information content (AvgIpc) is 2.58. The Balaban J connectivity index is 2.04. The quantitative estimate of drug-likeness (QED) is 0.415. The van der Waals surface area contributed by atoms with Gasteiger partial charge in [-0.15, -0.1) is 0 Å². The minimum Gasteiger partial charge on any atom is -0.444 e. The molecular formula is C23H34Br2N2O4. The van der Waals surface area contributed by atoms with Gasteiger partial charge in [0.25, 0.3) is 0 Å². The Morgan fingerprint density at radius 2 is 1.48 bits per heavy atom. The van der Waals surface area contributed by atoms with Crippen LogP contribution in [0.15, 0.2) is 27.1 Å². The van der Waals surface area contributed by atoms with Crippen LogP contribution >= 0.6 is 31.9 Å². The Hall–Kier alpha value is -1.28. The number of carbonyl (C=O) groups excluding carboxylic acids is 2. The molecule has 1 saturated heterocycles. The molecule has 0 unspecified atom stereocenters. The van der Waals surface area contributed by atoms with E-state index in [4.69, 9.17) is 9.47 Å². The molecule has 0 N–H and O–H groups in total. The normalized spacial score (nSPS) is 15.5. The highest BCUT2D eigenvalue weighted by molar-refractivity contribution is 9.11. The lowest BCUT2D eigenvalue weighted by atomic mass is 9.96. The number of halogens is 2. The summed E-state index contributed by atoms with van der Waals surface area (Å²) in [6.07, 6.45) is 1.05. The summed E-state index contributed by atoms with van der Waals surface area (Å²) < 4.78 is 13.1. The zero-order valence-corrected chi connectivity index (χ0v) is 22.5. The highest BCUT2D eigenvalue weighted by Gasteiger charge is 2.30. The van der Waals surface area contributed by atoms with Gasteiger partial charge in [-0.3, -0.25) is 0 Å². The van der Waals surface area contributed by atoms with Crippen molar-refractivity contribution in [2.45, 2.75) is 72.1 Å². The van der Waals surface area contributed by atoms with Crippen LogP contribution in [-0.4, -0.2) is 52.8 Å². The zero-order valence-electron chi connectivity index (χ0n) is 19.3. The molecule has 1 fully saturated rings. The second kappa shape index (κ2) is 10.6. The molecular weight excluding hydrogens is 528 g/mol. The highest BCUT2D eigenvalue weighted by atomic mass is 79.9. The highest BCUT2D eigenvalue weighted by Crippen LogP contribution is 2.25. The van der Waals surface area contributed by atoms with Crippen LogP contribution in [0.25, 0.3) is 0 Å². The summed E-state index contributed by atoms with van der Waals surface area (Å²) in [5, 5.41) is 0. The van der Waals surface area contributed by atoms with Crippen LogP contribution in [0.3, 0.4) is 0 Å². The van der Waals surface area contributed by atoms with Gasteiger partial charge in [-0.25, -0.2) is 9.59 Å². The molecule has 0 saturated carbocycles. The van der Waals surface area contributed by atoms with Crippen molar-refractivity contribution in [3.63, 3.8) is 0 Å². The van der Waals surface area contributed by atoms with E-state index in [0.717, 1.165) is 27.4 Å². The predicted octanol–water partition coefficient (Wildman–Crippen LogP) is 6.60. The second-order valence-corrected chi connectivity index (χ2v) is 11.9. The number of piperidine rings is 1. The summed E-state index contributed by atoms with van der Waals surface area (Å²) in [7, 11) is 0. The number of carbonyl (C=O) groups is 2. The monoisotopic (exact) mass is 560 g/mol. The molecule has 0 radical (unpaired) electrons. The molecule has 1 heterocycles. The molecule has 0 atom stereocenters. The van der Waals surface area contributed by atoms with E-state index in [1.165, 1.54) is 0 Å². The van der Waals surface area contributed by atoms with Gasteiger partial charge in [0.15, 0.2) is 0 Å². The number of benzene rings is 1. The third kappa shape index (κ3) is 9.39. The van der Waals surface area contributed by atoms with Crippen LogP contribution in [0.1, 0.15) is 59.9 Å². The molecule has 31 heavy (non-hydrogen) atoms. The Morgan fingerprint density at radius 3 is 1.97 bits per heavy atom. The molecule has 2 amide bonds. The molecule has 1 aliphatic rings. The third-order valence-electron chi connectivity index (χ3n) is 4.69. The lowest BCUT2D eigenvalue weighted by Crippen LogP contribution is -2.45. The van der Waals surface area contributed by atoms with Crippen LogP contribution in [0.5, 0.6) is 0 Å². The third-order valence-corrected chi connectivity index (χ3v) is 5.61. The fourth-order valence-corrected chi connectivity index (χ4v) is 4.78. The van der Waals surface area contributed by atoms with Crippen LogP contribution in [-0.2, 0) is 16.0 Å². The van der Waals surface area contributed by atoms with Gasteiger partial charge in [0.1, 0.15) is 11.2 Å². The van der Waals surface area contributed by atoms with Gasteiger partial charge in [0.05, 0.1) is 0 Å². The molecule has 6 nitrogen and oxygen atoms in total. The lowest BCUT2D eigenvalue weighted by Gasteiger charge is -2.36. The summed E-state index contributed by atoms with van der Waals surface area (Å²) in [5.74, 6) is 0.293. The molecule has 0 spiro atoms. The minimum atomic E-state index is -0.562. The van der Waals surface area contributed by atoms with Crippen molar-refractivity contribution in [2.24, 2.45) is 5.92 Å². The molecule has 1 aliphatic heterocycles. The van der Waals surface area contributed by atoms with E-state index >= 15 is 0 Å². The number of rotatable bonds is 4. The standard InChI is InChI=1S/C23H34Br2N2O4/c1-22(2,3)30-20(28)26-9-7-16(8-10-26)14-27(21(29)31-23(4,5)6)15-17-11-18(24)13-19(25)12-17/h11-13,16H,7-10,14-15H2,1-6H3. The van der Waals surface area contributed by atoms with Crippen molar-refractivity contribution in [1.82, 2.24) is 9.80 Å². The van der Waals surface area contributed by atoms with Crippen molar-refractivity contribution in [3.05, 3.63) is 32.7 Å².